The molecule has 1 aromatic rings. The van der Waals surface area contributed by atoms with Crippen molar-refractivity contribution >= 4 is 17.6 Å². The first-order valence-corrected chi connectivity index (χ1v) is 6.31. The number of oxime groups is 1. The SMILES string of the molecule is COc1ccc(NC(=O)NCCCCC(N)=NO)cc1. The van der Waals surface area contributed by atoms with Crippen molar-refractivity contribution in [1.29, 1.82) is 0 Å². The third-order valence-electron chi connectivity index (χ3n) is 2.62. The standard InChI is InChI=1S/C13H20N4O3/c1-20-11-7-5-10(6-8-11)16-13(18)15-9-3-2-4-12(14)17-19/h5-8,19H,2-4,9H2,1H3,(H2,14,17)(H2,15,16,18). The van der Waals surface area contributed by atoms with E-state index in [1.54, 1.807) is 31.4 Å². The molecule has 0 bridgehead atoms. The van der Waals surface area contributed by atoms with Crippen LogP contribution in [0.2, 0.25) is 0 Å². The first kappa shape index (κ1) is 15.6. The van der Waals surface area contributed by atoms with Gasteiger partial charge in [-0.25, -0.2) is 4.79 Å². The third-order valence-corrected chi connectivity index (χ3v) is 2.62. The number of hydrogen-bond acceptors (Lipinski definition) is 4. The predicted octanol–water partition coefficient (Wildman–Crippen LogP) is 1.73. The number of nitrogens with zero attached hydrogens (tertiary/aromatic N) is 1. The molecule has 0 aliphatic heterocycles. The normalized spacial score (nSPS) is 10.9. The van der Waals surface area contributed by atoms with Gasteiger partial charge in [0.15, 0.2) is 0 Å². The molecule has 0 fully saturated rings. The first-order chi connectivity index (χ1) is 9.65. The van der Waals surface area contributed by atoms with Crippen molar-refractivity contribution in [3.63, 3.8) is 0 Å². The monoisotopic (exact) mass is 280 g/mol. The number of benzene rings is 1. The number of carbonyl (C=O) groups excluding carboxylic acids is 1. The lowest BCUT2D eigenvalue weighted by atomic mass is 10.2. The Bertz CT molecular complexity index is 445. The predicted molar refractivity (Wildman–Crippen MR) is 77.3 cm³/mol. The van der Waals surface area contributed by atoms with Gasteiger partial charge in [0.2, 0.25) is 0 Å². The molecular weight excluding hydrogens is 260 g/mol. The van der Waals surface area contributed by atoms with Crippen LogP contribution in [0.4, 0.5) is 10.5 Å². The highest BCUT2D eigenvalue weighted by molar-refractivity contribution is 5.89. The second-order valence-corrected chi connectivity index (χ2v) is 4.16. The van der Waals surface area contributed by atoms with Crippen molar-refractivity contribution in [2.75, 3.05) is 19.0 Å². The van der Waals surface area contributed by atoms with Crippen molar-refractivity contribution in [3.05, 3.63) is 24.3 Å². The minimum Gasteiger partial charge on any atom is -0.497 e. The molecule has 2 amide bonds. The van der Waals surface area contributed by atoms with Crippen molar-refractivity contribution in [1.82, 2.24) is 5.32 Å². The summed E-state index contributed by atoms with van der Waals surface area (Å²) in [4.78, 5) is 11.6. The molecule has 0 spiro atoms. The first-order valence-electron chi connectivity index (χ1n) is 6.31. The van der Waals surface area contributed by atoms with Gasteiger partial charge in [-0.15, -0.1) is 0 Å². The summed E-state index contributed by atoms with van der Waals surface area (Å²) in [5.74, 6) is 0.937. The van der Waals surface area contributed by atoms with E-state index in [-0.39, 0.29) is 11.9 Å². The van der Waals surface area contributed by atoms with Gasteiger partial charge in [-0.2, -0.15) is 0 Å². The summed E-state index contributed by atoms with van der Waals surface area (Å²) < 4.78 is 5.03. The Morgan fingerprint density at radius 2 is 2.05 bits per heavy atom. The molecule has 0 aliphatic rings. The Morgan fingerprint density at radius 3 is 2.65 bits per heavy atom. The Hall–Kier alpha value is -2.44. The molecule has 20 heavy (non-hydrogen) atoms. The van der Waals surface area contributed by atoms with Crippen molar-refractivity contribution in [3.8, 4) is 5.75 Å². The fourth-order valence-electron chi connectivity index (χ4n) is 1.53. The molecule has 0 radical (unpaired) electrons. The molecule has 0 saturated heterocycles. The van der Waals surface area contributed by atoms with Crippen LogP contribution in [-0.4, -0.2) is 30.7 Å². The largest absolute Gasteiger partial charge is 0.497 e. The number of nitrogens with one attached hydrogen (secondary N) is 2. The van der Waals surface area contributed by atoms with E-state index in [2.05, 4.69) is 15.8 Å². The second-order valence-electron chi connectivity index (χ2n) is 4.16. The average Bonchev–Trinajstić information content (AvgIpc) is 2.47. The van der Waals surface area contributed by atoms with Gasteiger partial charge in [0.1, 0.15) is 11.6 Å². The van der Waals surface area contributed by atoms with Crippen LogP contribution in [0.3, 0.4) is 0 Å². The number of rotatable bonds is 7. The van der Waals surface area contributed by atoms with E-state index in [9.17, 15) is 4.79 Å². The Labute approximate surface area is 117 Å². The van der Waals surface area contributed by atoms with Crippen LogP contribution in [0.15, 0.2) is 29.4 Å². The Kier molecular flexibility index (Phi) is 6.74. The highest BCUT2D eigenvalue weighted by atomic mass is 16.5. The number of hydrogen-bond donors (Lipinski definition) is 4. The zero-order valence-electron chi connectivity index (χ0n) is 11.4. The van der Waals surface area contributed by atoms with Gasteiger partial charge >= 0.3 is 6.03 Å². The fraction of sp³-hybridized carbons (Fsp3) is 0.385. The van der Waals surface area contributed by atoms with Crippen LogP contribution in [0.5, 0.6) is 5.75 Å². The van der Waals surface area contributed by atoms with Gasteiger partial charge in [-0.05, 0) is 37.1 Å². The van der Waals surface area contributed by atoms with Crippen molar-refractivity contribution in [2.45, 2.75) is 19.3 Å². The maximum Gasteiger partial charge on any atom is 0.319 e. The maximum absolute atomic E-state index is 11.6. The summed E-state index contributed by atoms with van der Waals surface area (Å²) in [5, 5.41) is 16.7. The molecule has 5 N–H and O–H groups in total. The molecule has 0 atom stereocenters. The van der Waals surface area contributed by atoms with Crippen LogP contribution in [0.25, 0.3) is 0 Å². The number of ether oxygens (including phenoxy) is 1. The van der Waals surface area contributed by atoms with E-state index in [0.29, 0.717) is 18.7 Å². The molecule has 1 rings (SSSR count). The van der Waals surface area contributed by atoms with Gasteiger partial charge in [0.05, 0.1) is 7.11 Å². The lowest BCUT2D eigenvalue weighted by Gasteiger charge is -2.08. The zero-order chi connectivity index (χ0) is 14.8. The fourth-order valence-corrected chi connectivity index (χ4v) is 1.53. The lowest BCUT2D eigenvalue weighted by molar-refractivity contribution is 0.252. The average molecular weight is 280 g/mol. The molecule has 0 heterocycles. The zero-order valence-corrected chi connectivity index (χ0v) is 11.4. The summed E-state index contributed by atoms with van der Waals surface area (Å²) in [7, 11) is 1.59. The topological polar surface area (TPSA) is 109 Å². The van der Waals surface area contributed by atoms with E-state index >= 15 is 0 Å². The van der Waals surface area contributed by atoms with E-state index < -0.39 is 0 Å². The molecular formula is C13H20N4O3. The summed E-state index contributed by atoms with van der Waals surface area (Å²) in [6.45, 7) is 0.528. The minimum atomic E-state index is -0.265. The van der Waals surface area contributed by atoms with Crippen LogP contribution in [0.1, 0.15) is 19.3 Å². The Balaban J connectivity index is 2.19. The van der Waals surface area contributed by atoms with Crippen LogP contribution in [-0.2, 0) is 0 Å². The maximum atomic E-state index is 11.6. The van der Waals surface area contributed by atoms with Gasteiger partial charge in [0.25, 0.3) is 0 Å². The number of carbonyl (C=O) groups is 1. The minimum absolute atomic E-state index is 0.202. The lowest BCUT2D eigenvalue weighted by Crippen LogP contribution is -2.29. The van der Waals surface area contributed by atoms with Crippen molar-refractivity contribution < 1.29 is 14.7 Å². The number of anilines is 1. The molecule has 7 nitrogen and oxygen atoms in total. The number of urea groups is 1. The molecule has 7 heteroatoms. The molecule has 0 saturated carbocycles. The number of methoxy groups -OCH3 is 1. The van der Waals surface area contributed by atoms with Gasteiger partial charge in [-0.1, -0.05) is 5.16 Å². The number of amides is 2. The van der Waals surface area contributed by atoms with E-state index in [1.165, 1.54) is 0 Å². The molecule has 0 unspecified atom stereocenters. The van der Waals surface area contributed by atoms with Crippen LogP contribution < -0.4 is 21.1 Å². The van der Waals surface area contributed by atoms with Gasteiger partial charge in [-0.3, -0.25) is 0 Å². The van der Waals surface area contributed by atoms with Crippen molar-refractivity contribution in [2.24, 2.45) is 10.9 Å². The van der Waals surface area contributed by atoms with Crippen LogP contribution in [0, 0.1) is 0 Å². The molecule has 110 valence electrons. The molecule has 1 aromatic carbocycles. The summed E-state index contributed by atoms with van der Waals surface area (Å²) >= 11 is 0. The summed E-state index contributed by atoms with van der Waals surface area (Å²) in [6.07, 6.45) is 2.02. The number of nitrogens with two attached hydrogens (primary N) is 1. The Morgan fingerprint density at radius 1 is 1.35 bits per heavy atom. The molecule has 0 aromatic heterocycles. The summed E-state index contributed by atoms with van der Waals surface area (Å²) in [6, 6.07) is 6.80. The molecule has 0 aliphatic carbocycles. The van der Waals surface area contributed by atoms with Gasteiger partial charge < -0.3 is 26.3 Å². The second kappa shape index (κ2) is 8.63. The quantitative estimate of drug-likeness (QED) is 0.200. The van der Waals surface area contributed by atoms with E-state index in [4.69, 9.17) is 15.7 Å². The third kappa shape index (κ3) is 5.94. The highest BCUT2D eigenvalue weighted by Crippen LogP contribution is 2.14. The van der Waals surface area contributed by atoms with Crippen LogP contribution >= 0.6 is 0 Å². The highest BCUT2D eigenvalue weighted by Gasteiger charge is 2.01. The summed E-state index contributed by atoms with van der Waals surface area (Å²) in [5.41, 5.74) is 6.03. The number of amidine groups is 1. The van der Waals surface area contributed by atoms with E-state index in [0.717, 1.165) is 18.6 Å². The number of unbranched alkanes of at least 4 members (excludes halogenated alkanes) is 1. The van der Waals surface area contributed by atoms with Gasteiger partial charge in [0, 0.05) is 18.7 Å². The smallest absolute Gasteiger partial charge is 0.319 e. The van der Waals surface area contributed by atoms with E-state index in [1.807, 2.05) is 0 Å².